The average molecular weight is 532 g/mol. The number of fused-ring (bicyclic) bond motifs is 4. The fourth-order valence-electron chi connectivity index (χ4n) is 5.40. The average Bonchev–Trinajstić information content (AvgIpc) is 3.27. The lowest BCUT2D eigenvalue weighted by Crippen LogP contribution is -2.27. The van der Waals surface area contributed by atoms with Crippen molar-refractivity contribution >= 4 is 46.6 Å². The molecule has 1 atom stereocenters. The summed E-state index contributed by atoms with van der Waals surface area (Å²) in [4.78, 5) is 4.81. The molecule has 2 aliphatic rings. The van der Waals surface area contributed by atoms with Gasteiger partial charge in [0.15, 0.2) is 5.69 Å². The number of allylic oxidation sites excluding steroid dienone is 8. The fraction of sp³-hybridized carbons (Fsp3) is 0.0556. The van der Waals surface area contributed by atoms with Crippen molar-refractivity contribution in [3.05, 3.63) is 142 Å². The van der Waals surface area contributed by atoms with E-state index in [1.165, 1.54) is 16.0 Å². The van der Waals surface area contributed by atoms with Crippen LogP contribution in [-0.2, 0) is 0 Å². The number of nitriles is 1. The molecule has 1 aromatic heterocycles. The zero-order valence-corrected chi connectivity index (χ0v) is 22.7. The first-order valence-corrected chi connectivity index (χ1v) is 13.9. The standard InChI is InChI=1S/C36H25N3S/c1-4-8-34-24(2)32-20-27(12-14-35(32)39(34)31-19-26(23-37)18-30(22-31)38-3)28-13-15-36-33(21-28)29-11-7-10-25(17-29)9-5-6-16-40-36/h4-9,11-22,25H,1-2,10H2/b9-5-,16-6+,34-8+. The third-order valence-electron chi connectivity index (χ3n) is 7.27. The van der Waals surface area contributed by atoms with E-state index in [1.54, 1.807) is 30.0 Å². The van der Waals surface area contributed by atoms with Gasteiger partial charge in [-0.1, -0.05) is 79.6 Å². The number of benzene rings is 3. The van der Waals surface area contributed by atoms with Gasteiger partial charge < -0.3 is 4.57 Å². The lowest BCUT2D eigenvalue weighted by molar-refractivity contribution is 0.825. The summed E-state index contributed by atoms with van der Waals surface area (Å²) < 4.78 is 2.06. The second-order valence-electron chi connectivity index (χ2n) is 9.76. The van der Waals surface area contributed by atoms with Crippen LogP contribution in [0, 0.1) is 23.8 Å². The monoisotopic (exact) mass is 531 g/mol. The Kier molecular flexibility index (Phi) is 6.71. The van der Waals surface area contributed by atoms with E-state index in [-0.39, 0.29) is 0 Å². The Bertz CT molecular complexity index is 1990. The van der Waals surface area contributed by atoms with Crippen molar-refractivity contribution in [1.29, 1.82) is 5.26 Å². The largest absolute Gasteiger partial charge is 0.310 e. The number of hydrogen-bond acceptors (Lipinski definition) is 2. The van der Waals surface area contributed by atoms with Crippen molar-refractivity contribution in [2.45, 2.75) is 11.3 Å². The van der Waals surface area contributed by atoms with Crippen LogP contribution in [0.25, 0.3) is 50.8 Å². The van der Waals surface area contributed by atoms with Crippen LogP contribution in [0.1, 0.15) is 17.5 Å². The second kappa shape index (κ2) is 10.6. The first-order valence-electron chi connectivity index (χ1n) is 13.0. The normalized spacial score (nSPS) is 17.8. The Morgan fingerprint density at radius 1 is 1.07 bits per heavy atom. The number of hydrogen-bond donors (Lipinski definition) is 0. The minimum absolute atomic E-state index is 0.400. The second-order valence-corrected chi connectivity index (χ2v) is 10.7. The van der Waals surface area contributed by atoms with E-state index < -0.39 is 0 Å². The van der Waals surface area contributed by atoms with Crippen LogP contribution in [0.5, 0.6) is 0 Å². The zero-order valence-electron chi connectivity index (χ0n) is 21.8. The first kappa shape index (κ1) is 25.3. The van der Waals surface area contributed by atoms with Crippen LogP contribution in [0.2, 0.25) is 0 Å². The number of rotatable bonds is 3. The Morgan fingerprint density at radius 2 is 1.93 bits per heavy atom. The van der Waals surface area contributed by atoms with E-state index in [9.17, 15) is 5.26 Å². The molecule has 0 N–H and O–H groups in total. The highest BCUT2D eigenvalue weighted by Gasteiger charge is 2.15. The highest BCUT2D eigenvalue weighted by molar-refractivity contribution is 8.02. The summed E-state index contributed by atoms with van der Waals surface area (Å²) in [5.41, 5.74) is 7.30. The predicted molar refractivity (Wildman–Crippen MR) is 168 cm³/mol. The number of aromatic nitrogens is 1. The number of thioether (sulfide) groups is 1. The van der Waals surface area contributed by atoms with Gasteiger partial charge >= 0.3 is 0 Å². The Hall–Kier alpha value is -5.03. The molecular formula is C36H25N3S. The first-order chi connectivity index (χ1) is 19.6. The van der Waals surface area contributed by atoms with Crippen LogP contribution in [0.15, 0.2) is 114 Å². The van der Waals surface area contributed by atoms with Crippen molar-refractivity contribution in [1.82, 2.24) is 4.57 Å². The Morgan fingerprint density at radius 3 is 2.75 bits per heavy atom. The molecular weight excluding hydrogens is 506 g/mol. The summed E-state index contributed by atoms with van der Waals surface area (Å²) in [5, 5.41) is 14.5. The maximum atomic E-state index is 9.57. The van der Waals surface area contributed by atoms with Gasteiger partial charge in [0.05, 0.1) is 23.5 Å². The molecule has 0 amide bonds. The van der Waals surface area contributed by atoms with E-state index in [2.05, 4.69) is 107 Å². The van der Waals surface area contributed by atoms with Crippen molar-refractivity contribution < 1.29 is 0 Å². The van der Waals surface area contributed by atoms with Crippen LogP contribution >= 0.6 is 11.8 Å². The summed E-state index contributed by atoms with van der Waals surface area (Å²) >= 11 is 1.74. The molecule has 1 unspecified atom stereocenters. The minimum Gasteiger partial charge on any atom is -0.310 e. The van der Waals surface area contributed by atoms with Crippen LogP contribution in [0.4, 0.5) is 5.69 Å². The summed E-state index contributed by atoms with van der Waals surface area (Å²) in [5.74, 6) is 0.400. The predicted octanol–water partition coefficient (Wildman–Crippen LogP) is 8.23. The molecule has 3 aromatic carbocycles. The summed E-state index contributed by atoms with van der Waals surface area (Å²) in [6.45, 7) is 15.8. The van der Waals surface area contributed by atoms with Crippen molar-refractivity contribution in [2.24, 2.45) is 5.92 Å². The van der Waals surface area contributed by atoms with Gasteiger partial charge in [-0.3, -0.25) is 0 Å². The topological polar surface area (TPSA) is 33.1 Å². The molecule has 0 radical (unpaired) electrons. The van der Waals surface area contributed by atoms with Gasteiger partial charge in [-0.25, -0.2) is 4.85 Å². The third kappa shape index (κ3) is 4.56. The van der Waals surface area contributed by atoms with E-state index in [0.717, 1.165) is 44.7 Å². The van der Waals surface area contributed by atoms with Gasteiger partial charge in [0.25, 0.3) is 0 Å². The Balaban J connectivity index is 1.53. The summed E-state index contributed by atoms with van der Waals surface area (Å²) in [6, 6.07) is 20.5. The SMILES string of the molecule is [C-]#[N+]c1cc(C#N)cc(-n2/c(=C/C=C)c(=C)c3cc(-c4ccc5c(c4)C4=CC(/C=C\C=C\S5)CC=C4)ccc32)c1. The smallest absolute Gasteiger partial charge is 0.190 e. The van der Waals surface area contributed by atoms with Gasteiger partial charge in [0.2, 0.25) is 0 Å². The fourth-order valence-corrected chi connectivity index (χ4v) is 6.16. The van der Waals surface area contributed by atoms with Gasteiger partial charge in [-0.15, -0.1) is 0 Å². The molecule has 0 saturated carbocycles. The molecule has 0 spiro atoms. The quantitative estimate of drug-likeness (QED) is 0.250. The third-order valence-corrected chi connectivity index (χ3v) is 8.18. The highest BCUT2D eigenvalue weighted by Crippen LogP contribution is 2.37. The maximum absolute atomic E-state index is 9.57. The molecule has 190 valence electrons. The van der Waals surface area contributed by atoms with E-state index in [1.807, 2.05) is 12.1 Å². The highest BCUT2D eigenvalue weighted by atomic mass is 32.2. The molecule has 0 saturated heterocycles. The van der Waals surface area contributed by atoms with Crippen molar-refractivity contribution in [3.63, 3.8) is 0 Å². The molecule has 1 aliphatic carbocycles. The number of nitrogens with zero attached hydrogens (tertiary/aromatic N) is 3. The minimum atomic E-state index is 0.400. The summed E-state index contributed by atoms with van der Waals surface area (Å²) in [7, 11) is 0. The van der Waals surface area contributed by atoms with Crippen LogP contribution in [0.3, 0.4) is 0 Å². The van der Waals surface area contributed by atoms with Gasteiger partial charge in [0, 0.05) is 26.8 Å². The molecule has 4 aromatic rings. The van der Waals surface area contributed by atoms with Crippen LogP contribution < -0.4 is 10.6 Å². The molecule has 1 aliphatic heterocycles. The van der Waals surface area contributed by atoms with E-state index >= 15 is 0 Å². The molecule has 2 bridgehead atoms. The van der Waals surface area contributed by atoms with Gasteiger partial charge in [-0.2, -0.15) is 5.26 Å². The van der Waals surface area contributed by atoms with Gasteiger partial charge in [-0.05, 0) is 88.6 Å². The van der Waals surface area contributed by atoms with Crippen molar-refractivity contribution in [2.75, 3.05) is 0 Å². The molecule has 3 nitrogen and oxygen atoms in total. The van der Waals surface area contributed by atoms with Gasteiger partial charge in [0.1, 0.15) is 0 Å². The molecule has 40 heavy (non-hydrogen) atoms. The van der Waals surface area contributed by atoms with Crippen molar-refractivity contribution in [3.8, 4) is 22.9 Å². The van der Waals surface area contributed by atoms with E-state index in [0.29, 0.717) is 17.2 Å². The zero-order chi connectivity index (χ0) is 27.6. The lowest BCUT2D eigenvalue weighted by atomic mass is 9.90. The van der Waals surface area contributed by atoms with Crippen LogP contribution in [-0.4, -0.2) is 4.57 Å². The Labute approximate surface area is 238 Å². The lowest BCUT2D eigenvalue weighted by Gasteiger charge is -2.18. The summed E-state index contributed by atoms with van der Waals surface area (Å²) in [6.07, 6.45) is 18.1. The molecule has 2 heterocycles. The maximum Gasteiger partial charge on any atom is 0.190 e. The molecule has 4 heteroatoms. The molecule has 6 rings (SSSR count). The molecule has 0 fully saturated rings. The van der Waals surface area contributed by atoms with E-state index in [4.69, 9.17) is 6.57 Å².